The molecule has 2 unspecified atom stereocenters. The quantitative estimate of drug-likeness (QED) is 0.788. The molecule has 5 heteroatoms. The average molecular weight is 300 g/mol. The number of benzene rings is 1. The van der Waals surface area contributed by atoms with Gasteiger partial charge in [-0.25, -0.2) is 0 Å². The summed E-state index contributed by atoms with van der Waals surface area (Å²) in [6.07, 6.45) is 4.20. The summed E-state index contributed by atoms with van der Waals surface area (Å²) in [5, 5.41) is 12.4. The van der Waals surface area contributed by atoms with Crippen LogP contribution in [0.5, 0.6) is 0 Å². The fourth-order valence-electron chi connectivity index (χ4n) is 2.78. The Balaban J connectivity index is 1.73. The molecule has 1 aliphatic rings. The molecule has 0 radical (unpaired) electrons. The monoisotopic (exact) mass is 300 g/mol. The molecule has 0 aromatic heterocycles. The van der Waals surface area contributed by atoms with Crippen molar-refractivity contribution in [2.75, 3.05) is 18.4 Å². The third-order valence-corrected chi connectivity index (χ3v) is 4.05. The molecule has 1 aromatic carbocycles. The van der Waals surface area contributed by atoms with E-state index in [0.717, 1.165) is 37.9 Å². The zero-order valence-electron chi connectivity index (χ0n) is 12.9. The van der Waals surface area contributed by atoms with E-state index in [9.17, 15) is 4.79 Å². The Morgan fingerprint density at radius 1 is 1.41 bits per heavy atom. The van der Waals surface area contributed by atoms with Crippen LogP contribution in [0.4, 0.5) is 5.69 Å². The van der Waals surface area contributed by atoms with E-state index in [1.807, 2.05) is 30.3 Å². The van der Waals surface area contributed by atoms with Gasteiger partial charge in [-0.2, -0.15) is 5.26 Å². The van der Waals surface area contributed by atoms with E-state index >= 15 is 0 Å². The molecule has 22 heavy (non-hydrogen) atoms. The number of piperidine rings is 1. The van der Waals surface area contributed by atoms with Gasteiger partial charge in [-0.3, -0.25) is 4.79 Å². The normalized spacial score (nSPS) is 19.3. The first-order valence-corrected chi connectivity index (χ1v) is 7.97. The van der Waals surface area contributed by atoms with Crippen molar-refractivity contribution >= 4 is 11.6 Å². The van der Waals surface area contributed by atoms with Crippen molar-refractivity contribution in [3.8, 4) is 6.07 Å². The first-order chi connectivity index (χ1) is 10.7. The van der Waals surface area contributed by atoms with Gasteiger partial charge in [-0.05, 0) is 44.2 Å². The Bertz CT molecular complexity index is 511. The molecule has 0 saturated carbocycles. The van der Waals surface area contributed by atoms with Gasteiger partial charge in [0.1, 0.15) is 6.04 Å². The van der Waals surface area contributed by atoms with E-state index in [1.165, 1.54) is 0 Å². The van der Waals surface area contributed by atoms with Crippen molar-refractivity contribution in [2.24, 2.45) is 5.73 Å². The predicted molar refractivity (Wildman–Crippen MR) is 87.1 cm³/mol. The summed E-state index contributed by atoms with van der Waals surface area (Å²) < 4.78 is 0. The van der Waals surface area contributed by atoms with Gasteiger partial charge < -0.3 is 16.0 Å². The Kier molecular flexibility index (Phi) is 6.23. The topological polar surface area (TPSA) is 82.2 Å². The molecule has 0 aliphatic carbocycles. The number of carbonyl (C=O) groups is 1. The summed E-state index contributed by atoms with van der Waals surface area (Å²) in [6.45, 7) is 1.44. The zero-order valence-corrected chi connectivity index (χ0v) is 12.9. The molecule has 2 rings (SSSR count). The van der Waals surface area contributed by atoms with E-state index in [4.69, 9.17) is 11.0 Å². The highest BCUT2D eigenvalue weighted by molar-refractivity contribution is 5.82. The molecular weight excluding hydrogens is 276 g/mol. The molecule has 1 saturated heterocycles. The average Bonchev–Trinajstić information content (AvgIpc) is 2.58. The highest BCUT2D eigenvalue weighted by Gasteiger charge is 2.29. The van der Waals surface area contributed by atoms with Crippen LogP contribution in [0.15, 0.2) is 30.3 Å². The molecule has 3 N–H and O–H groups in total. The van der Waals surface area contributed by atoms with Gasteiger partial charge in [-0.1, -0.05) is 18.2 Å². The number of carbonyl (C=O) groups excluding carboxylic acids is 1. The van der Waals surface area contributed by atoms with Gasteiger partial charge in [-0.15, -0.1) is 0 Å². The summed E-state index contributed by atoms with van der Waals surface area (Å²) in [6, 6.07) is 11.4. The second kappa shape index (κ2) is 8.40. The lowest BCUT2D eigenvalue weighted by Gasteiger charge is -2.33. The maximum atomic E-state index is 12.4. The van der Waals surface area contributed by atoms with Gasteiger partial charge in [0, 0.05) is 18.8 Å². The molecule has 1 heterocycles. The van der Waals surface area contributed by atoms with Crippen LogP contribution in [0.25, 0.3) is 0 Å². The SMILES string of the molecule is N#CC1CCCCN1C(=O)C(N)CCCNc1ccccc1. The first-order valence-electron chi connectivity index (χ1n) is 7.97. The predicted octanol–water partition coefficient (Wildman–Crippen LogP) is 2.11. The van der Waals surface area contributed by atoms with Crippen LogP contribution < -0.4 is 11.1 Å². The molecule has 2 atom stereocenters. The minimum atomic E-state index is -0.508. The largest absolute Gasteiger partial charge is 0.385 e. The number of nitrogens with two attached hydrogens (primary N) is 1. The van der Waals surface area contributed by atoms with Crippen molar-refractivity contribution in [1.82, 2.24) is 4.90 Å². The fraction of sp³-hybridized carbons (Fsp3) is 0.529. The molecule has 5 nitrogen and oxygen atoms in total. The summed E-state index contributed by atoms with van der Waals surface area (Å²) in [4.78, 5) is 14.0. The molecular formula is C17H24N4O. The maximum Gasteiger partial charge on any atom is 0.240 e. The third-order valence-electron chi connectivity index (χ3n) is 4.05. The smallest absolute Gasteiger partial charge is 0.240 e. The highest BCUT2D eigenvalue weighted by atomic mass is 16.2. The van der Waals surface area contributed by atoms with Crippen molar-refractivity contribution in [3.05, 3.63) is 30.3 Å². The number of hydrogen-bond donors (Lipinski definition) is 2. The molecule has 1 aromatic rings. The number of nitrogens with zero attached hydrogens (tertiary/aromatic N) is 2. The third kappa shape index (κ3) is 4.47. The van der Waals surface area contributed by atoms with Crippen LogP contribution in [0.1, 0.15) is 32.1 Å². The van der Waals surface area contributed by atoms with Crippen LogP contribution in [-0.4, -0.2) is 36.0 Å². The molecule has 1 amide bonds. The second-order valence-corrected chi connectivity index (χ2v) is 5.71. The number of rotatable bonds is 6. The number of hydrogen-bond acceptors (Lipinski definition) is 4. The summed E-state index contributed by atoms with van der Waals surface area (Å²) >= 11 is 0. The number of nitrogens with one attached hydrogen (secondary N) is 1. The molecule has 1 aliphatic heterocycles. The zero-order chi connectivity index (χ0) is 15.8. The van der Waals surface area contributed by atoms with Crippen LogP contribution in [0.2, 0.25) is 0 Å². The minimum Gasteiger partial charge on any atom is -0.385 e. The van der Waals surface area contributed by atoms with Gasteiger partial charge in [0.05, 0.1) is 12.1 Å². The van der Waals surface area contributed by atoms with E-state index in [-0.39, 0.29) is 11.9 Å². The van der Waals surface area contributed by atoms with Gasteiger partial charge >= 0.3 is 0 Å². The number of likely N-dealkylation sites (tertiary alicyclic amines) is 1. The van der Waals surface area contributed by atoms with Gasteiger partial charge in [0.2, 0.25) is 5.91 Å². The Hall–Kier alpha value is -2.06. The summed E-state index contributed by atoms with van der Waals surface area (Å²) in [5.41, 5.74) is 7.09. The van der Waals surface area contributed by atoms with Gasteiger partial charge in [0.25, 0.3) is 0 Å². The summed E-state index contributed by atoms with van der Waals surface area (Å²) in [7, 11) is 0. The maximum absolute atomic E-state index is 12.4. The van der Waals surface area contributed by atoms with E-state index in [0.29, 0.717) is 13.0 Å². The van der Waals surface area contributed by atoms with Crippen LogP contribution in [0, 0.1) is 11.3 Å². The number of para-hydroxylation sites is 1. The highest BCUT2D eigenvalue weighted by Crippen LogP contribution is 2.18. The number of nitriles is 1. The Labute approximate surface area is 132 Å². The lowest BCUT2D eigenvalue weighted by molar-refractivity contribution is -0.135. The van der Waals surface area contributed by atoms with Gasteiger partial charge in [0.15, 0.2) is 0 Å². The van der Waals surface area contributed by atoms with Crippen molar-refractivity contribution in [1.29, 1.82) is 5.26 Å². The molecule has 0 bridgehead atoms. The lowest BCUT2D eigenvalue weighted by atomic mass is 10.0. The second-order valence-electron chi connectivity index (χ2n) is 5.71. The molecule has 0 spiro atoms. The molecule has 1 fully saturated rings. The van der Waals surface area contributed by atoms with Crippen molar-refractivity contribution < 1.29 is 4.79 Å². The standard InChI is InChI=1S/C17H24N4O/c18-13-15-9-4-5-12-21(15)17(22)16(19)10-6-11-20-14-7-2-1-3-8-14/h1-3,7-8,15-16,20H,4-6,9-12,19H2. The lowest BCUT2D eigenvalue weighted by Crippen LogP contribution is -2.50. The Morgan fingerprint density at radius 3 is 2.91 bits per heavy atom. The molecule has 118 valence electrons. The number of amides is 1. The first kappa shape index (κ1) is 16.3. The minimum absolute atomic E-state index is 0.0778. The Morgan fingerprint density at radius 2 is 2.18 bits per heavy atom. The number of anilines is 1. The van der Waals surface area contributed by atoms with Crippen LogP contribution in [0.3, 0.4) is 0 Å². The van der Waals surface area contributed by atoms with Crippen molar-refractivity contribution in [3.63, 3.8) is 0 Å². The van der Waals surface area contributed by atoms with Crippen LogP contribution in [-0.2, 0) is 4.79 Å². The van der Waals surface area contributed by atoms with E-state index < -0.39 is 6.04 Å². The van der Waals surface area contributed by atoms with Crippen molar-refractivity contribution in [2.45, 2.75) is 44.2 Å². The van der Waals surface area contributed by atoms with E-state index in [2.05, 4.69) is 11.4 Å². The fourth-order valence-corrected chi connectivity index (χ4v) is 2.78. The summed E-state index contributed by atoms with van der Waals surface area (Å²) in [5.74, 6) is -0.0778. The van der Waals surface area contributed by atoms with E-state index in [1.54, 1.807) is 4.90 Å². The van der Waals surface area contributed by atoms with Crippen LogP contribution >= 0.6 is 0 Å².